The number of hydrogen-bond donors (Lipinski definition) is 2. The molecule has 22 heavy (non-hydrogen) atoms. The topological polar surface area (TPSA) is 88.2 Å². The summed E-state index contributed by atoms with van der Waals surface area (Å²) in [6.07, 6.45) is 0. The number of H-pyrrole nitrogens is 1. The van der Waals surface area contributed by atoms with Crippen molar-refractivity contribution in [1.82, 2.24) is 5.27 Å². The van der Waals surface area contributed by atoms with Gasteiger partial charge in [-0.3, -0.25) is 9.32 Å². The fourth-order valence-corrected chi connectivity index (χ4v) is 2.60. The van der Waals surface area contributed by atoms with Gasteiger partial charge in [0.25, 0.3) is 0 Å². The van der Waals surface area contributed by atoms with Crippen LogP contribution in [0.1, 0.15) is 13.8 Å². The number of aromatic nitrogens is 2. The van der Waals surface area contributed by atoms with Crippen molar-refractivity contribution < 1.29 is 18.7 Å². The summed E-state index contributed by atoms with van der Waals surface area (Å²) in [5.74, 6) is 0.389. The first kappa shape index (κ1) is 16.2. The monoisotopic (exact) mass is 324 g/mol. The third-order valence-corrected chi connectivity index (χ3v) is 4.09. The molecule has 0 aliphatic carbocycles. The van der Waals surface area contributed by atoms with E-state index in [4.69, 9.17) is 4.74 Å². The van der Waals surface area contributed by atoms with Crippen molar-refractivity contribution in [3.63, 3.8) is 0 Å². The summed E-state index contributed by atoms with van der Waals surface area (Å²) in [7, 11) is 1.64. The summed E-state index contributed by atoms with van der Waals surface area (Å²) in [6.45, 7) is 4.11. The van der Waals surface area contributed by atoms with E-state index in [1.54, 1.807) is 26.1 Å². The zero-order chi connectivity index (χ0) is 16.1. The fourth-order valence-electron chi connectivity index (χ4n) is 1.77. The number of hydrogen-bond acceptors (Lipinski definition) is 5. The molecule has 0 radical (unpaired) electrons. The maximum Gasteiger partial charge on any atom is 0.441 e. The number of anilines is 1. The predicted molar refractivity (Wildman–Crippen MR) is 82.1 cm³/mol. The van der Waals surface area contributed by atoms with Gasteiger partial charge in [0.05, 0.1) is 17.5 Å². The molecule has 1 amide bonds. The number of amides is 1. The molecule has 0 bridgehead atoms. The Labute approximate surface area is 131 Å². The third-order valence-electron chi connectivity index (χ3n) is 2.86. The summed E-state index contributed by atoms with van der Waals surface area (Å²) >= 11 is 1.12. The molecular weight excluding hydrogens is 306 g/mol. The summed E-state index contributed by atoms with van der Waals surface area (Å²) < 4.78 is 11.6. The van der Waals surface area contributed by atoms with Gasteiger partial charge in [0, 0.05) is 0 Å². The lowest BCUT2D eigenvalue weighted by molar-refractivity contribution is -0.772. The number of benzene rings is 1. The highest BCUT2D eigenvalue weighted by Crippen LogP contribution is 2.25. The molecule has 1 unspecified atom stereocenters. The minimum Gasteiger partial charge on any atom is -0.492 e. The Balaban J connectivity index is 2.07. The molecule has 1 atom stereocenters. The Morgan fingerprint density at radius 3 is 2.86 bits per heavy atom. The van der Waals surface area contributed by atoms with Crippen LogP contribution in [0.3, 0.4) is 0 Å². The highest BCUT2D eigenvalue weighted by Gasteiger charge is 2.25. The van der Waals surface area contributed by atoms with Crippen LogP contribution in [0.25, 0.3) is 0 Å². The Hall–Kier alpha value is -2.22. The van der Waals surface area contributed by atoms with Gasteiger partial charge in [-0.15, -0.1) is 0 Å². The minimum absolute atomic E-state index is 0.224. The predicted octanol–water partition coefficient (Wildman–Crippen LogP) is 1.31. The molecule has 2 N–H and O–H groups in total. The van der Waals surface area contributed by atoms with Crippen LogP contribution in [0.5, 0.6) is 5.75 Å². The van der Waals surface area contributed by atoms with Gasteiger partial charge in [0.15, 0.2) is 7.05 Å². The molecule has 2 rings (SSSR count). The second kappa shape index (κ2) is 7.17. The van der Waals surface area contributed by atoms with Crippen LogP contribution < -0.4 is 20.4 Å². The number of nitrogens with zero attached hydrogens (tertiary/aromatic N) is 1. The molecule has 1 aromatic heterocycles. The van der Waals surface area contributed by atoms with Crippen molar-refractivity contribution in [3.05, 3.63) is 34.7 Å². The summed E-state index contributed by atoms with van der Waals surface area (Å²) in [5, 5.41) is 5.08. The molecule has 7 nitrogen and oxygen atoms in total. The lowest BCUT2D eigenvalue weighted by atomic mass is 10.3. The second-order valence-corrected chi connectivity index (χ2v) is 5.85. The normalized spacial score (nSPS) is 12.0. The van der Waals surface area contributed by atoms with Gasteiger partial charge in [0.1, 0.15) is 5.75 Å². The molecule has 0 aliphatic heterocycles. The van der Waals surface area contributed by atoms with Gasteiger partial charge in [-0.1, -0.05) is 16.8 Å². The van der Waals surface area contributed by atoms with Gasteiger partial charge in [-0.25, -0.2) is 4.79 Å². The summed E-state index contributed by atoms with van der Waals surface area (Å²) in [4.78, 5) is 23.8. The van der Waals surface area contributed by atoms with Gasteiger partial charge in [0.2, 0.25) is 5.91 Å². The smallest absolute Gasteiger partial charge is 0.441 e. The van der Waals surface area contributed by atoms with E-state index in [2.05, 4.69) is 15.1 Å². The Morgan fingerprint density at radius 1 is 1.50 bits per heavy atom. The quantitative estimate of drug-likeness (QED) is 0.618. The Bertz CT molecular complexity index is 710. The van der Waals surface area contributed by atoms with Crippen molar-refractivity contribution in [2.75, 3.05) is 11.9 Å². The van der Waals surface area contributed by atoms with Crippen molar-refractivity contribution in [2.45, 2.75) is 24.1 Å². The van der Waals surface area contributed by atoms with E-state index in [1.165, 1.54) is 4.68 Å². The number of aromatic amines is 1. The van der Waals surface area contributed by atoms with Crippen LogP contribution in [0.2, 0.25) is 0 Å². The first-order valence-electron chi connectivity index (χ1n) is 6.79. The number of aryl methyl sites for hydroxylation is 1. The van der Waals surface area contributed by atoms with Crippen LogP contribution in [-0.2, 0) is 11.8 Å². The number of carbonyl (C=O) groups is 1. The minimum atomic E-state index is -0.498. The Morgan fingerprint density at radius 2 is 2.23 bits per heavy atom. The van der Waals surface area contributed by atoms with Crippen LogP contribution in [0.15, 0.2) is 38.6 Å². The van der Waals surface area contributed by atoms with E-state index in [0.717, 1.165) is 11.8 Å². The number of carbonyl (C=O) groups excluding carboxylic acids is 1. The van der Waals surface area contributed by atoms with E-state index in [-0.39, 0.29) is 5.91 Å². The average Bonchev–Trinajstić information content (AvgIpc) is 2.81. The van der Waals surface area contributed by atoms with Gasteiger partial charge >= 0.3 is 10.7 Å². The Kier molecular flexibility index (Phi) is 5.26. The van der Waals surface area contributed by atoms with Gasteiger partial charge in [-0.05, 0) is 43.0 Å². The molecule has 8 heteroatoms. The zero-order valence-corrected chi connectivity index (χ0v) is 13.4. The molecule has 0 saturated carbocycles. The van der Waals surface area contributed by atoms with Crippen molar-refractivity contribution >= 4 is 23.4 Å². The van der Waals surface area contributed by atoms with Gasteiger partial charge in [-0.2, -0.15) is 0 Å². The van der Waals surface area contributed by atoms with E-state index in [0.29, 0.717) is 23.1 Å². The van der Waals surface area contributed by atoms with Crippen molar-refractivity contribution in [3.8, 4) is 5.75 Å². The molecule has 0 aliphatic rings. The van der Waals surface area contributed by atoms with Crippen LogP contribution in [-0.4, -0.2) is 23.0 Å². The standard InChI is InChI=1S/C14H17N3O4S/c1-4-20-11-8-6-5-7-10(11)15-12(18)9(2)22-13-14(19)21-16-17(13)3/h5-9H,4H2,1-3H3,(H-,15,16,18,19)/p+1. The van der Waals surface area contributed by atoms with Crippen LogP contribution in [0.4, 0.5) is 5.69 Å². The maximum atomic E-state index is 12.3. The van der Waals surface area contributed by atoms with Gasteiger partial charge < -0.3 is 10.1 Å². The number of thioether (sulfide) groups is 1. The maximum absolute atomic E-state index is 12.3. The number of ether oxygens (including phenoxy) is 1. The van der Waals surface area contributed by atoms with E-state index in [1.807, 2.05) is 19.1 Å². The number of para-hydroxylation sites is 2. The van der Waals surface area contributed by atoms with E-state index >= 15 is 0 Å². The molecule has 0 saturated heterocycles. The highest BCUT2D eigenvalue weighted by molar-refractivity contribution is 8.00. The van der Waals surface area contributed by atoms with E-state index in [9.17, 15) is 9.59 Å². The van der Waals surface area contributed by atoms with Crippen molar-refractivity contribution in [1.29, 1.82) is 0 Å². The fraction of sp³-hybridized carbons (Fsp3) is 0.357. The van der Waals surface area contributed by atoms with Crippen LogP contribution in [0, 0.1) is 0 Å². The average molecular weight is 324 g/mol. The second-order valence-electron chi connectivity index (χ2n) is 4.52. The largest absolute Gasteiger partial charge is 0.492 e. The first-order chi connectivity index (χ1) is 10.5. The number of rotatable bonds is 6. The molecule has 1 heterocycles. The zero-order valence-electron chi connectivity index (χ0n) is 12.6. The lowest BCUT2D eigenvalue weighted by Crippen LogP contribution is -2.35. The first-order valence-corrected chi connectivity index (χ1v) is 7.67. The summed E-state index contributed by atoms with van der Waals surface area (Å²) in [5.41, 5.74) is 0.106. The van der Waals surface area contributed by atoms with Crippen molar-refractivity contribution in [2.24, 2.45) is 7.05 Å². The third kappa shape index (κ3) is 3.70. The highest BCUT2D eigenvalue weighted by atomic mass is 32.2. The molecule has 118 valence electrons. The van der Waals surface area contributed by atoms with Crippen LogP contribution >= 0.6 is 11.8 Å². The molecule has 0 spiro atoms. The molecular formula is C14H18N3O4S+. The SMILES string of the molecule is CCOc1ccccc1NC(=O)C(C)Sc1c(=O)o[nH][n+]1C. The molecule has 0 fully saturated rings. The molecule has 2 aromatic rings. The lowest BCUT2D eigenvalue weighted by Gasteiger charge is -2.13. The summed E-state index contributed by atoms with van der Waals surface area (Å²) in [6, 6.07) is 7.21. The number of nitrogens with one attached hydrogen (secondary N) is 2. The molecule has 1 aromatic carbocycles. The van der Waals surface area contributed by atoms with E-state index < -0.39 is 10.9 Å².